The fraction of sp³-hybridized carbons (Fsp3) is 0.552. The lowest BCUT2D eigenvalue weighted by molar-refractivity contribution is 0.0674. The molecule has 1 aliphatic heterocycles. The van der Waals surface area contributed by atoms with Crippen LogP contribution < -0.4 is 5.32 Å². The zero-order chi connectivity index (χ0) is 29.7. The summed E-state index contributed by atoms with van der Waals surface area (Å²) in [4.78, 5) is 13.2. The summed E-state index contributed by atoms with van der Waals surface area (Å²) in [5, 5.41) is 13.3. The van der Waals surface area contributed by atoms with E-state index in [1.54, 1.807) is 38.1 Å². The lowest BCUT2D eigenvalue weighted by atomic mass is 10.0. The highest BCUT2D eigenvalue weighted by Crippen LogP contribution is 2.29. The van der Waals surface area contributed by atoms with E-state index in [0.29, 0.717) is 0 Å². The molecule has 0 saturated carbocycles. The van der Waals surface area contributed by atoms with Crippen molar-refractivity contribution in [3.8, 4) is 0 Å². The number of alkyl carbamates (subject to hydrolysis) is 1. The Balaban J connectivity index is 1.83. The molecule has 2 aromatic rings. The maximum atomic E-state index is 13.6. The van der Waals surface area contributed by atoms with E-state index in [4.69, 9.17) is 4.74 Å². The van der Waals surface area contributed by atoms with Crippen LogP contribution in [0.2, 0.25) is 0 Å². The molecular formula is C29H42N2O7S2. The molecule has 1 aliphatic rings. The number of aliphatic hydroxyl groups is 1. The van der Waals surface area contributed by atoms with Gasteiger partial charge in [0.1, 0.15) is 11.4 Å². The highest BCUT2D eigenvalue weighted by Gasteiger charge is 2.44. The fourth-order valence-electron chi connectivity index (χ4n) is 5.13. The largest absolute Gasteiger partial charge is 0.445 e. The van der Waals surface area contributed by atoms with Gasteiger partial charge in [0.25, 0.3) is 0 Å². The quantitative estimate of drug-likeness (QED) is 0.384. The van der Waals surface area contributed by atoms with Gasteiger partial charge < -0.3 is 15.2 Å². The smallest absolute Gasteiger partial charge is 0.407 e. The maximum Gasteiger partial charge on any atom is 0.407 e. The molecule has 0 radical (unpaired) electrons. The summed E-state index contributed by atoms with van der Waals surface area (Å²) in [7, 11) is -7.30. The molecule has 1 fully saturated rings. The van der Waals surface area contributed by atoms with Crippen molar-refractivity contribution in [3.63, 3.8) is 0 Å². The number of nitrogens with zero attached hydrogens (tertiary/aromatic N) is 1. The molecule has 1 saturated heterocycles. The Morgan fingerprint density at radius 3 is 2.25 bits per heavy atom. The number of amides is 1. The van der Waals surface area contributed by atoms with Crippen LogP contribution in [0.25, 0.3) is 0 Å². The first-order chi connectivity index (χ1) is 18.7. The summed E-state index contributed by atoms with van der Waals surface area (Å²) in [6.07, 6.45) is -2.49. The Kier molecular flexibility index (Phi) is 10.8. The van der Waals surface area contributed by atoms with E-state index in [0.717, 1.165) is 11.1 Å². The minimum absolute atomic E-state index is 0.0183. The number of sulfone groups is 1. The van der Waals surface area contributed by atoms with Crippen LogP contribution in [0, 0.1) is 18.8 Å². The van der Waals surface area contributed by atoms with Gasteiger partial charge >= 0.3 is 6.09 Å². The van der Waals surface area contributed by atoms with Gasteiger partial charge in [0.15, 0.2) is 9.84 Å². The van der Waals surface area contributed by atoms with Crippen molar-refractivity contribution < 1.29 is 31.5 Å². The average molecular weight is 595 g/mol. The normalized spacial score (nSPS) is 20.5. The molecule has 2 N–H and O–H groups in total. The van der Waals surface area contributed by atoms with Crippen molar-refractivity contribution in [1.82, 2.24) is 9.62 Å². The van der Waals surface area contributed by atoms with E-state index in [9.17, 15) is 26.7 Å². The second kappa shape index (κ2) is 13.5. The predicted octanol–water partition coefficient (Wildman–Crippen LogP) is 3.55. The van der Waals surface area contributed by atoms with Crippen LogP contribution in [-0.4, -0.2) is 74.7 Å². The number of carbonyl (C=O) groups is 1. The summed E-state index contributed by atoms with van der Waals surface area (Å²) < 4.78 is 58.9. The molecule has 40 heavy (non-hydrogen) atoms. The van der Waals surface area contributed by atoms with Crippen LogP contribution >= 0.6 is 0 Å². The molecule has 1 heterocycles. The molecule has 4 atom stereocenters. The van der Waals surface area contributed by atoms with Crippen LogP contribution in [0.3, 0.4) is 0 Å². The highest BCUT2D eigenvalue weighted by atomic mass is 32.2. The van der Waals surface area contributed by atoms with Gasteiger partial charge in [-0.1, -0.05) is 75.7 Å². The number of sulfonamides is 1. The number of nitrogens with one attached hydrogen (secondary N) is 1. The molecule has 0 bridgehead atoms. The van der Waals surface area contributed by atoms with Gasteiger partial charge in [-0.2, -0.15) is 4.31 Å². The van der Waals surface area contributed by atoms with E-state index >= 15 is 0 Å². The first-order valence-corrected chi connectivity index (χ1v) is 16.8. The SMILES string of the molecule is Cc1ccc(S(=O)(=O)N(CC(C)C)C[C@@H](O)[C@H](Cc2ccccc2)NC(=O)O[C@H]2CCS(=O)(=O)[C@@H]2C(C)C)cc1. The summed E-state index contributed by atoms with van der Waals surface area (Å²) in [6.45, 7) is 9.13. The summed E-state index contributed by atoms with van der Waals surface area (Å²) >= 11 is 0. The first-order valence-electron chi connectivity index (χ1n) is 13.7. The van der Waals surface area contributed by atoms with Gasteiger partial charge in [0.05, 0.1) is 22.8 Å². The topological polar surface area (TPSA) is 130 Å². The van der Waals surface area contributed by atoms with E-state index < -0.39 is 49.5 Å². The van der Waals surface area contributed by atoms with Gasteiger partial charge in [0.2, 0.25) is 10.0 Å². The van der Waals surface area contributed by atoms with Gasteiger partial charge in [-0.15, -0.1) is 0 Å². The third kappa shape index (κ3) is 8.28. The van der Waals surface area contributed by atoms with Gasteiger partial charge in [-0.25, -0.2) is 21.6 Å². The number of rotatable bonds is 12. The molecule has 9 nitrogen and oxygen atoms in total. The molecule has 2 aromatic carbocycles. The average Bonchev–Trinajstić information content (AvgIpc) is 3.17. The lowest BCUT2D eigenvalue weighted by Gasteiger charge is -2.31. The number of hydrogen-bond donors (Lipinski definition) is 2. The van der Waals surface area contributed by atoms with Crippen LogP contribution in [0.1, 0.15) is 45.2 Å². The Morgan fingerprint density at radius 2 is 1.68 bits per heavy atom. The van der Waals surface area contributed by atoms with Crippen LogP contribution in [0.4, 0.5) is 4.79 Å². The number of benzene rings is 2. The van der Waals surface area contributed by atoms with Crippen LogP contribution in [-0.2, 0) is 31.0 Å². The van der Waals surface area contributed by atoms with Crippen molar-refractivity contribution in [2.24, 2.45) is 11.8 Å². The molecule has 1 amide bonds. The number of ether oxygens (including phenoxy) is 1. The van der Waals surface area contributed by atoms with Crippen molar-refractivity contribution in [1.29, 1.82) is 0 Å². The zero-order valence-electron chi connectivity index (χ0n) is 23.9. The number of aliphatic hydroxyl groups excluding tert-OH is 1. The van der Waals surface area contributed by atoms with Gasteiger partial charge in [0, 0.05) is 13.1 Å². The summed E-state index contributed by atoms with van der Waals surface area (Å²) in [5.41, 5.74) is 1.75. The minimum atomic E-state index is -3.93. The Bertz CT molecular complexity index is 1330. The molecule has 0 aromatic heterocycles. The Hall–Kier alpha value is -2.47. The first kappa shape index (κ1) is 32.0. The Morgan fingerprint density at radius 1 is 1.05 bits per heavy atom. The minimum Gasteiger partial charge on any atom is -0.445 e. The van der Waals surface area contributed by atoms with Crippen molar-refractivity contribution in [3.05, 3.63) is 65.7 Å². The molecule has 222 valence electrons. The van der Waals surface area contributed by atoms with Crippen molar-refractivity contribution >= 4 is 26.0 Å². The molecule has 0 unspecified atom stereocenters. The standard InChI is InChI=1S/C29H42N2O7S2/c1-20(2)18-31(40(36,37)24-13-11-22(5)12-14-24)19-26(32)25(17-23-9-7-6-8-10-23)30-29(33)38-27-15-16-39(34,35)28(27)21(3)4/h6-14,20-21,25-28,32H,15-19H2,1-5H3,(H,30,33)/t25-,26+,27-,28+/m0/s1. The van der Waals surface area contributed by atoms with Gasteiger partial charge in [-0.3, -0.25) is 0 Å². The van der Waals surface area contributed by atoms with Gasteiger partial charge in [-0.05, 0) is 49.3 Å². The van der Waals surface area contributed by atoms with E-state index in [1.165, 1.54) is 4.31 Å². The molecule has 0 aliphatic carbocycles. The predicted molar refractivity (Wildman–Crippen MR) is 155 cm³/mol. The second-order valence-corrected chi connectivity index (χ2v) is 15.6. The number of hydrogen-bond acceptors (Lipinski definition) is 7. The van der Waals surface area contributed by atoms with Crippen LogP contribution in [0.15, 0.2) is 59.5 Å². The number of aryl methyl sites for hydroxylation is 1. The summed E-state index contributed by atoms with van der Waals surface area (Å²) in [5.74, 6) is -0.298. The third-order valence-corrected chi connectivity index (χ3v) is 11.4. The molecule has 0 spiro atoms. The second-order valence-electron chi connectivity index (χ2n) is 11.3. The van der Waals surface area contributed by atoms with E-state index in [2.05, 4.69) is 5.32 Å². The highest BCUT2D eigenvalue weighted by molar-refractivity contribution is 7.92. The Labute approximate surface area is 238 Å². The lowest BCUT2D eigenvalue weighted by Crippen LogP contribution is -2.52. The maximum absolute atomic E-state index is 13.6. The molecule has 11 heteroatoms. The molecular weight excluding hydrogens is 552 g/mol. The monoisotopic (exact) mass is 594 g/mol. The fourth-order valence-corrected chi connectivity index (χ4v) is 9.07. The van der Waals surface area contributed by atoms with Crippen molar-refractivity contribution in [2.75, 3.05) is 18.8 Å². The van der Waals surface area contributed by atoms with Crippen molar-refractivity contribution in [2.45, 2.75) is 75.9 Å². The van der Waals surface area contributed by atoms with Crippen LogP contribution in [0.5, 0.6) is 0 Å². The van der Waals surface area contributed by atoms with E-state index in [-0.39, 0.29) is 48.4 Å². The molecule has 3 rings (SSSR count). The number of carbonyl (C=O) groups excluding carboxylic acids is 1. The third-order valence-electron chi connectivity index (χ3n) is 7.07. The van der Waals surface area contributed by atoms with E-state index in [1.807, 2.05) is 51.1 Å². The summed E-state index contributed by atoms with van der Waals surface area (Å²) in [6, 6.07) is 14.8. The zero-order valence-corrected chi connectivity index (χ0v) is 25.5.